The highest BCUT2D eigenvalue weighted by Gasteiger charge is 2.37. The summed E-state index contributed by atoms with van der Waals surface area (Å²) < 4.78 is 1.88. The topological polar surface area (TPSA) is 93.0 Å². The third-order valence-electron chi connectivity index (χ3n) is 5.03. The first kappa shape index (κ1) is 18.0. The number of likely N-dealkylation sites (N-methyl/N-ethyl adjacent to an activating group) is 1. The molecule has 2 aromatic rings. The Kier molecular flexibility index (Phi) is 4.76. The summed E-state index contributed by atoms with van der Waals surface area (Å²) in [6.07, 6.45) is 4.40. The molecule has 0 bridgehead atoms. The summed E-state index contributed by atoms with van der Waals surface area (Å²) >= 11 is 0. The number of aromatic nitrogens is 4. The van der Waals surface area contributed by atoms with Crippen LogP contribution >= 0.6 is 0 Å². The maximum atomic E-state index is 12.8. The van der Waals surface area contributed by atoms with Crippen LogP contribution in [0.15, 0.2) is 12.5 Å². The lowest BCUT2D eigenvalue weighted by Gasteiger charge is -2.39. The first-order chi connectivity index (χ1) is 12.3. The van der Waals surface area contributed by atoms with Crippen molar-refractivity contribution in [3.8, 4) is 0 Å². The van der Waals surface area contributed by atoms with Crippen LogP contribution in [0.3, 0.4) is 0 Å². The largest absolute Gasteiger partial charge is 0.345 e. The highest BCUT2D eigenvalue weighted by Crippen LogP contribution is 2.30. The standard InChI is InChI=1S/C18H24N6O2/c1-10-11(2)21-16(12(3)20-10)18(26)22-13-6-7-15(25)24(5)17(13)14-8-19-9-23(14)4/h8-9,13,17H,6-7H2,1-5H3,(H,22,26)/t13-,17-/m1/s1. The molecule has 0 aliphatic carbocycles. The van der Waals surface area contributed by atoms with Gasteiger partial charge in [-0.15, -0.1) is 0 Å². The molecule has 0 spiro atoms. The quantitative estimate of drug-likeness (QED) is 0.893. The zero-order valence-corrected chi connectivity index (χ0v) is 15.8. The number of nitrogens with zero attached hydrogens (tertiary/aromatic N) is 5. The number of hydrogen-bond donors (Lipinski definition) is 1. The molecule has 0 unspecified atom stereocenters. The number of nitrogens with one attached hydrogen (secondary N) is 1. The monoisotopic (exact) mass is 356 g/mol. The van der Waals surface area contributed by atoms with E-state index in [0.717, 1.165) is 17.1 Å². The second kappa shape index (κ2) is 6.86. The van der Waals surface area contributed by atoms with E-state index in [9.17, 15) is 9.59 Å². The van der Waals surface area contributed by atoms with E-state index in [1.165, 1.54) is 0 Å². The number of hydrogen-bond acceptors (Lipinski definition) is 5. The molecule has 1 N–H and O–H groups in total. The van der Waals surface area contributed by atoms with Gasteiger partial charge in [-0.05, 0) is 27.2 Å². The third kappa shape index (κ3) is 3.18. The molecule has 2 amide bonds. The van der Waals surface area contributed by atoms with E-state index in [4.69, 9.17) is 0 Å². The molecule has 0 radical (unpaired) electrons. The van der Waals surface area contributed by atoms with E-state index < -0.39 is 0 Å². The Morgan fingerprint density at radius 1 is 1.15 bits per heavy atom. The van der Waals surface area contributed by atoms with E-state index in [1.54, 1.807) is 31.4 Å². The van der Waals surface area contributed by atoms with Crippen molar-refractivity contribution in [3.63, 3.8) is 0 Å². The van der Waals surface area contributed by atoms with E-state index in [0.29, 0.717) is 24.2 Å². The first-order valence-corrected chi connectivity index (χ1v) is 8.64. The summed E-state index contributed by atoms with van der Waals surface area (Å²) in [7, 11) is 3.65. The molecular weight excluding hydrogens is 332 g/mol. The molecule has 1 fully saturated rings. The van der Waals surface area contributed by atoms with Gasteiger partial charge in [-0.25, -0.2) is 9.97 Å². The second-order valence-corrected chi connectivity index (χ2v) is 6.83. The maximum Gasteiger partial charge on any atom is 0.272 e. The van der Waals surface area contributed by atoms with Crippen molar-refractivity contribution in [2.45, 2.75) is 45.7 Å². The van der Waals surface area contributed by atoms with Crippen LogP contribution in [0.25, 0.3) is 0 Å². The van der Waals surface area contributed by atoms with Crippen molar-refractivity contribution in [2.24, 2.45) is 7.05 Å². The van der Waals surface area contributed by atoms with Crippen LogP contribution in [-0.2, 0) is 11.8 Å². The number of likely N-dealkylation sites (tertiary alicyclic amines) is 1. The van der Waals surface area contributed by atoms with Crippen molar-refractivity contribution in [1.29, 1.82) is 0 Å². The average molecular weight is 356 g/mol. The van der Waals surface area contributed by atoms with E-state index in [-0.39, 0.29) is 23.9 Å². The lowest BCUT2D eigenvalue weighted by molar-refractivity contribution is -0.136. The summed E-state index contributed by atoms with van der Waals surface area (Å²) in [5.74, 6) is -0.207. The molecule has 8 nitrogen and oxygen atoms in total. The number of carbonyl (C=O) groups excluding carboxylic acids is 2. The molecule has 1 aliphatic rings. The van der Waals surface area contributed by atoms with E-state index >= 15 is 0 Å². The molecule has 3 heterocycles. The van der Waals surface area contributed by atoms with Gasteiger partial charge in [0.15, 0.2) is 0 Å². The van der Waals surface area contributed by atoms with Gasteiger partial charge in [-0.3, -0.25) is 14.6 Å². The van der Waals surface area contributed by atoms with Crippen LogP contribution in [0.5, 0.6) is 0 Å². The normalized spacial score (nSPS) is 20.3. The summed E-state index contributed by atoms with van der Waals surface area (Å²) in [6.45, 7) is 5.49. The Labute approximate surface area is 152 Å². The fraction of sp³-hybridized carbons (Fsp3) is 0.500. The van der Waals surface area contributed by atoms with Crippen molar-refractivity contribution in [2.75, 3.05) is 7.05 Å². The van der Waals surface area contributed by atoms with Gasteiger partial charge in [0.25, 0.3) is 5.91 Å². The summed E-state index contributed by atoms with van der Waals surface area (Å²) in [5, 5.41) is 3.06. The lowest BCUT2D eigenvalue weighted by atomic mass is 9.93. The predicted octanol–water partition coefficient (Wildman–Crippen LogP) is 1.23. The minimum Gasteiger partial charge on any atom is -0.345 e. The van der Waals surface area contributed by atoms with Gasteiger partial charge in [0.2, 0.25) is 5.91 Å². The molecule has 138 valence electrons. The van der Waals surface area contributed by atoms with Crippen molar-refractivity contribution < 1.29 is 9.59 Å². The van der Waals surface area contributed by atoms with Crippen LogP contribution in [0.4, 0.5) is 0 Å². The fourth-order valence-electron chi connectivity index (χ4n) is 3.41. The van der Waals surface area contributed by atoms with E-state index in [2.05, 4.69) is 20.3 Å². The molecule has 1 saturated heterocycles. The van der Waals surface area contributed by atoms with Crippen LogP contribution in [-0.4, -0.2) is 49.3 Å². The Morgan fingerprint density at radius 2 is 1.85 bits per heavy atom. The fourth-order valence-corrected chi connectivity index (χ4v) is 3.41. The molecule has 0 saturated carbocycles. The van der Waals surface area contributed by atoms with Gasteiger partial charge < -0.3 is 14.8 Å². The molecule has 3 rings (SSSR count). The molecule has 0 aromatic carbocycles. The van der Waals surface area contributed by atoms with Gasteiger partial charge in [0.1, 0.15) is 5.69 Å². The van der Waals surface area contributed by atoms with Crippen LogP contribution < -0.4 is 5.32 Å². The minimum absolute atomic E-state index is 0.0591. The Morgan fingerprint density at radius 3 is 2.50 bits per heavy atom. The summed E-state index contributed by atoms with van der Waals surface area (Å²) in [6, 6.07) is -0.490. The predicted molar refractivity (Wildman–Crippen MR) is 95.5 cm³/mol. The average Bonchev–Trinajstić information content (AvgIpc) is 3.00. The molecule has 26 heavy (non-hydrogen) atoms. The Hall–Kier alpha value is -2.77. The molecule has 2 aromatic heterocycles. The number of rotatable bonds is 3. The molecular formula is C18H24N6O2. The number of carbonyl (C=O) groups is 2. The van der Waals surface area contributed by atoms with Crippen molar-refractivity contribution in [3.05, 3.63) is 41.0 Å². The maximum absolute atomic E-state index is 12.8. The van der Waals surface area contributed by atoms with Crippen LogP contribution in [0.1, 0.15) is 52.1 Å². The number of piperidine rings is 1. The zero-order valence-electron chi connectivity index (χ0n) is 15.8. The van der Waals surface area contributed by atoms with Gasteiger partial charge in [-0.2, -0.15) is 0 Å². The van der Waals surface area contributed by atoms with Gasteiger partial charge in [-0.1, -0.05) is 0 Å². The summed E-state index contributed by atoms with van der Waals surface area (Å²) in [4.78, 5) is 39.7. The lowest BCUT2D eigenvalue weighted by Crippen LogP contribution is -2.51. The summed E-state index contributed by atoms with van der Waals surface area (Å²) in [5.41, 5.74) is 3.36. The highest BCUT2D eigenvalue weighted by molar-refractivity contribution is 5.93. The number of amides is 2. The van der Waals surface area contributed by atoms with Crippen LogP contribution in [0, 0.1) is 20.8 Å². The number of imidazole rings is 1. The second-order valence-electron chi connectivity index (χ2n) is 6.83. The van der Waals surface area contributed by atoms with Crippen molar-refractivity contribution in [1.82, 2.24) is 29.7 Å². The minimum atomic E-state index is -0.271. The van der Waals surface area contributed by atoms with Crippen LogP contribution in [0.2, 0.25) is 0 Å². The van der Waals surface area contributed by atoms with Gasteiger partial charge >= 0.3 is 0 Å². The molecule has 1 aliphatic heterocycles. The molecule has 8 heteroatoms. The Balaban J connectivity index is 1.89. The molecule has 2 atom stereocenters. The third-order valence-corrected chi connectivity index (χ3v) is 5.03. The van der Waals surface area contributed by atoms with Gasteiger partial charge in [0.05, 0.1) is 47.4 Å². The zero-order chi connectivity index (χ0) is 19.0. The SMILES string of the molecule is Cc1nc(C)c(C(=O)N[C@@H]2CCC(=O)N(C)[C@H]2c2cncn2C)nc1C. The van der Waals surface area contributed by atoms with E-state index in [1.807, 2.05) is 25.5 Å². The number of aryl methyl sites for hydroxylation is 4. The first-order valence-electron chi connectivity index (χ1n) is 8.64. The Bertz CT molecular complexity index is 859. The van der Waals surface area contributed by atoms with Gasteiger partial charge in [0, 0.05) is 20.5 Å². The smallest absolute Gasteiger partial charge is 0.272 e. The highest BCUT2D eigenvalue weighted by atomic mass is 16.2. The van der Waals surface area contributed by atoms with Crippen molar-refractivity contribution >= 4 is 11.8 Å².